The van der Waals surface area contributed by atoms with Crippen molar-refractivity contribution in [3.8, 4) is 0 Å². The molecule has 3 unspecified atom stereocenters. The van der Waals surface area contributed by atoms with Crippen LogP contribution in [0.4, 0.5) is 4.79 Å². The second-order valence-corrected chi connectivity index (χ2v) is 22.2. The predicted molar refractivity (Wildman–Crippen MR) is 219 cm³/mol. The van der Waals surface area contributed by atoms with Crippen LogP contribution in [0.3, 0.4) is 0 Å². The highest BCUT2D eigenvalue weighted by molar-refractivity contribution is 6.74. The topological polar surface area (TPSA) is 109 Å². The number of allylic oxidation sites excluding steroid dienone is 1. The molecular formula is C43H68N4O5Si. The molecule has 3 rings (SSSR count). The molecule has 0 bridgehead atoms. The Morgan fingerprint density at radius 2 is 1.49 bits per heavy atom. The van der Waals surface area contributed by atoms with E-state index in [0.29, 0.717) is 38.4 Å². The van der Waals surface area contributed by atoms with E-state index < -0.39 is 44.1 Å². The molecule has 0 aromatic heterocycles. The average molecular weight is 749 g/mol. The number of benzene rings is 2. The maximum absolute atomic E-state index is 14.6. The second-order valence-electron chi connectivity index (χ2n) is 17.5. The van der Waals surface area contributed by atoms with Crippen molar-refractivity contribution in [3.05, 3.63) is 77.9 Å². The van der Waals surface area contributed by atoms with E-state index in [4.69, 9.17) is 9.16 Å². The van der Waals surface area contributed by atoms with Gasteiger partial charge in [-0.25, -0.2) is 4.79 Å². The monoisotopic (exact) mass is 748 g/mol. The highest BCUT2D eigenvalue weighted by Gasteiger charge is 2.43. The number of hydrogen-bond acceptors (Lipinski definition) is 6. The van der Waals surface area contributed by atoms with Crippen LogP contribution in [0.15, 0.2) is 66.7 Å². The lowest BCUT2D eigenvalue weighted by Gasteiger charge is -2.42. The lowest BCUT2D eigenvalue weighted by Crippen LogP contribution is -2.56. The number of alkyl carbamates (subject to hydrolysis) is 1. The van der Waals surface area contributed by atoms with Crippen LogP contribution in [-0.2, 0) is 25.2 Å². The minimum absolute atomic E-state index is 0.0379. The third-order valence-corrected chi connectivity index (χ3v) is 15.1. The third-order valence-electron chi connectivity index (χ3n) is 10.6. The molecule has 0 radical (unpaired) electrons. The fourth-order valence-corrected chi connectivity index (χ4v) is 7.72. The van der Waals surface area contributed by atoms with E-state index in [1.165, 1.54) is 0 Å². The Morgan fingerprint density at radius 3 is 2.02 bits per heavy atom. The number of nitrogens with zero attached hydrogens (tertiary/aromatic N) is 1. The molecule has 294 valence electrons. The molecule has 3 N–H and O–H groups in total. The molecule has 1 aliphatic rings. The van der Waals surface area contributed by atoms with Gasteiger partial charge in [0.1, 0.15) is 11.6 Å². The van der Waals surface area contributed by atoms with Crippen LogP contribution in [0.1, 0.15) is 92.2 Å². The third kappa shape index (κ3) is 14.4. The smallest absolute Gasteiger partial charge is 0.407 e. The van der Waals surface area contributed by atoms with Crippen molar-refractivity contribution in [2.75, 3.05) is 20.1 Å². The minimum atomic E-state index is -2.44. The van der Waals surface area contributed by atoms with E-state index in [2.05, 4.69) is 49.8 Å². The summed E-state index contributed by atoms with van der Waals surface area (Å²) < 4.78 is 13.0. The Morgan fingerprint density at radius 1 is 0.906 bits per heavy atom. The van der Waals surface area contributed by atoms with Crippen molar-refractivity contribution in [2.24, 2.45) is 11.8 Å². The summed E-state index contributed by atoms with van der Waals surface area (Å²) in [6, 6.07) is 19.3. The van der Waals surface area contributed by atoms with Crippen LogP contribution in [0.5, 0.6) is 0 Å². The Hall–Kier alpha value is -3.47. The zero-order valence-corrected chi connectivity index (χ0v) is 35.3. The largest absolute Gasteiger partial charge is 0.444 e. The number of carbonyl (C=O) groups excluding carboxylic acids is 3. The van der Waals surface area contributed by atoms with E-state index in [-0.39, 0.29) is 22.8 Å². The van der Waals surface area contributed by atoms with Crippen LogP contribution < -0.4 is 16.0 Å². The summed E-state index contributed by atoms with van der Waals surface area (Å²) in [7, 11) is -0.479. The molecule has 1 saturated heterocycles. The molecule has 3 amide bonds. The number of hydrogen-bond donors (Lipinski definition) is 3. The highest BCUT2D eigenvalue weighted by atomic mass is 28.4. The maximum atomic E-state index is 14.6. The van der Waals surface area contributed by atoms with Gasteiger partial charge in [-0.1, -0.05) is 107 Å². The van der Waals surface area contributed by atoms with Crippen LogP contribution in [0.25, 0.3) is 6.08 Å². The van der Waals surface area contributed by atoms with E-state index in [1.54, 1.807) is 0 Å². The average Bonchev–Trinajstić information content (AvgIpc) is 3.08. The number of amides is 3. The number of rotatable bonds is 16. The SMILES string of the molecule is CNC1CCN(C(=O)[C@@H](NC(=O)C(CC=Cc2ccccc2)CC(O[Si](C)(C)C(C)(C)C)C(Cc2ccccc2)NC(=O)OC(C)(C)C)C(C)C)CC1. The first-order valence-electron chi connectivity index (χ1n) is 19.5. The Balaban J connectivity index is 2.04. The van der Waals surface area contributed by atoms with Crippen molar-refractivity contribution in [1.29, 1.82) is 0 Å². The van der Waals surface area contributed by atoms with E-state index in [0.717, 1.165) is 24.0 Å². The number of ether oxygens (including phenoxy) is 1. The van der Waals surface area contributed by atoms with Crippen molar-refractivity contribution >= 4 is 32.3 Å². The fraction of sp³-hybridized carbons (Fsp3) is 0.605. The summed E-state index contributed by atoms with van der Waals surface area (Å²) in [6.45, 7) is 21.8. The molecule has 1 fully saturated rings. The second kappa shape index (κ2) is 19.7. The van der Waals surface area contributed by atoms with Gasteiger partial charge in [0, 0.05) is 25.0 Å². The minimum Gasteiger partial charge on any atom is -0.444 e. The summed E-state index contributed by atoms with van der Waals surface area (Å²) >= 11 is 0. The van der Waals surface area contributed by atoms with E-state index >= 15 is 0 Å². The number of likely N-dealkylation sites (tertiary alicyclic amines) is 1. The van der Waals surface area contributed by atoms with Crippen molar-refractivity contribution < 1.29 is 23.5 Å². The molecule has 0 saturated carbocycles. The van der Waals surface area contributed by atoms with Crippen LogP contribution in [0.2, 0.25) is 18.1 Å². The molecule has 1 aliphatic heterocycles. The van der Waals surface area contributed by atoms with Crippen LogP contribution in [0, 0.1) is 11.8 Å². The van der Waals surface area contributed by atoms with Gasteiger partial charge in [0.25, 0.3) is 0 Å². The number of nitrogens with one attached hydrogen (secondary N) is 3. The van der Waals surface area contributed by atoms with Crippen molar-refractivity contribution in [2.45, 2.75) is 135 Å². The summed E-state index contributed by atoms with van der Waals surface area (Å²) in [5, 5.41) is 9.58. The van der Waals surface area contributed by atoms with Gasteiger partial charge in [0.15, 0.2) is 8.32 Å². The number of carbonyl (C=O) groups is 3. The molecule has 1 heterocycles. The molecule has 53 heavy (non-hydrogen) atoms. The molecule has 2 aromatic carbocycles. The first-order chi connectivity index (χ1) is 24.8. The standard InChI is InChI=1S/C43H68N4O5Si/c1-31(2)38(40(49)47-27-25-35(44-9)26-28-47)46-39(48)34(24-18-23-32-19-14-12-15-20-32)30-37(52-53(10,11)43(6,7)8)36(29-33-21-16-13-17-22-33)45-41(50)51-42(3,4)5/h12-23,31,34-38,44H,24-30H2,1-11H3,(H,45,50)(H,46,48)/t34?,36?,37?,38-/m0/s1. The fourth-order valence-electron chi connectivity index (χ4n) is 6.35. The molecule has 2 aromatic rings. The zero-order chi connectivity index (χ0) is 39.4. The Labute approximate surface area is 321 Å². The Kier molecular flexibility index (Phi) is 16.4. The molecule has 0 spiro atoms. The number of piperidine rings is 1. The lowest BCUT2D eigenvalue weighted by molar-refractivity contribution is -0.139. The van der Waals surface area contributed by atoms with Gasteiger partial charge in [0.05, 0.1) is 12.1 Å². The predicted octanol–water partition coefficient (Wildman–Crippen LogP) is 7.97. The first kappa shape index (κ1) is 43.9. The van der Waals surface area contributed by atoms with Crippen LogP contribution in [-0.4, -0.2) is 81.1 Å². The van der Waals surface area contributed by atoms with E-state index in [9.17, 15) is 14.4 Å². The van der Waals surface area contributed by atoms with E-state index in [1.807, 2.05) is 119 Å². The quantitative estimate of drug-likeness (QED) is 0.150. The summed E-state index contributed by atoms with van der Waals surface area (Å²) in [5.74, 6) is -0.885. The molecule has 4 atom stereocenters. The Bertz CT molecular complexity index is 1460. The normalized spacial score (nSPS) is 16.9. The first-order valence-corrected chi connectivity index (χ1v) is 22.4. The van der Waals surface area contributed by atoms with Crippen molar-refractivity contribution in [3.63, 3.8) is 0 Å². The summed E-state index contributed by atoms with van der Waals surface area (Å²) in [6.07, 6.45) is 6.02. The molecule has 9 nitrogen and oxygen atoms in total. The lowest BCUT2D eigenvalue weighted by atomic mass is 9.89. The van der Waals surface area contributed by atoms with Gasteiger partial charge in [-0.3, -0.25) is 9.59 Å². The van der Waals surface area contributed by atoms with Gasteiger partial charge < -0.3 is 30.0 Å². The van der Waals surface area contributed by atoms with Crippen LogP contribution >= 0.6 is 0 Å². The highest BCUT2D eigenvalue weighted by Crippen LogP contribution is 2.39. The van der Waals surface area contributed by atoms with Gasteiger partial charge in [-0.2, -0.15) is 0 Å². The molecule has 10 heteroatoms. The summed E-state index contributed by atoms with van der Waals surface area (Å²) in [5.41, 5.74) is 1.38. The molecular weight excluding hydrogens is 681 g/mol. The maximum Gasteiger partial charge on any atom is 0.407 e. The zero-order valence-electron chi connectivity index (χ0n) is 34.3. The van der Waals surface area contributed by atoms with Gasteiger partial charge >= 0.3 is 6.09 Å². The van der Waals surface area contributed by atoms with Crippen molar-refractivity contribution in [1.82, 2.24) is 20.9 Å². The van der Waals surface area contributed by atoms with Gasteiger partial charge in [-0.15, -0.1) is 0 Å². The van der Waals surface area contributed by atoms with Gasteiger partial charge in [-0.05, 0) is 95.1 Å². The summed E-state index contributed by atoms with van der Waals surface area (Å²) in [4.78, 5) is 43.9. The molecule has 0 aliphatic carbocycles. The van der Waals surface area contributed by atoms with Gasteiger partial charge in [0.2, 0.25) is 11.8 Å².